The maximum Gasteiger partial charge on any atom is 0.263 e. The number of rotatable bonds is 8. The topological polar surface area (TPSA) is 77.1 Å². The van der Waals surface area contributed by atoms with Gasteiger partial charge in [-0.2, -0.15) is 0 Å². The van der Waals surface area contributed by atoms with E-state index in [1.165, 1.54) is 23.1 Å². The SMILES string of the molecule is C=CCn1c(SC(C)C(=O)NCc2ccco2)nc2scc(-c3cccs3)c2c1=O. The molecule has 0 radical (unpaired) electrons. The third-order valence-corrected chi connectivity index (χ3v) is 7.29. The lowest BCUT2D eigenvalue weighted by Gasteiger charge is -2.14. The first-order valence-electron chi connectivity index (χ1n) is 9.22. The van der Waals surface area contributed by atoms with Gasteiger partial charge >= 0.3 is 0 Å². The van der Waals surface area contributed by atoms with Crippen molar-refractivity contribution < 1.29 is 9.21 Å². The Balaban J connectivity index is 1.63. The zero-order valence-corrected chi connectivity index (χ0v) is 18.6. The van der Waals surface area contributed by atoms with Crippen LogP contribution in [0.15, 0.2) is 68.3 Å². The number of aromatic nitrogens is 2. The number of nitrogens with zero attached hydrogens (tertiary/aromatic N) is 2. The van der Waals surface area contributed by atoms with E-state index < -0.39 is 5.25 Å². The Labute approximate surface area is 185 Å². The Bertz CT molecular complexity index is 1220. The number of amides is 1. The molecule has 0 saturated heterocycles. The van der Waals surface area contributed by atoms with Crippen molar-refractivity contribution in [3.63, 3.8) is 0 Å². The summed E-state index contributed by atoms with van der Waals surface area (Å²) >= 11 is 4.29. The second kappa shape index (κ2) is 9.03. The third kappa shape index (κ3) is 4.14. The highest BCUT2D eigenvalue weighted by Crippen LogP contribution is 2.35. The fraction of sp³-hybridized carbons (Fsp3) is 0.190. The van der Waals surface area contributed by atoms with Gasteiger partial charge in [0.25, 0.3) is 5.56 Å². The highest BCUT2D eigenvalue weighted by Gasteiger charge is 2.21. The van der Waals surface area contributed by atoms with Gasteiger partial charge in [0.15, 0.2) is 5.16 Å². The molecule has 0 aliphatic rings. The number of carbonyl (C=O) groups excluding carboxylic acids is 1. The summed E-state index contributed by atoms with van der Waals surface area (Å²) in [6.45, 7) is 6.20. The monoisotopic (exact) mass is 457 g/mol. The first-order valence-corrected chi connectivity index (χ1v) is 11.9. The zero-order chi connectivity index (χ0) is 21.1. The minimum absolute atomic E-state index is 0.116. The molecule has 4 rings (SSSR count). The van der Waals surface area contributed by atoms with Crippen LogP contribution in [0.2, 0.25) is 0 Å². The lowest BCUT2D eigenvalue weighted by molar-refractivity contribution is -0.120. The second-order valence-electron chi connectivity index (χ2n) is 6.46. The fourth-order valence-corrected chi connectivity index (χ4v) is 5.69. The highest BCUT2D eigenvalue weighted by atomic mass is 32.2. The number of hydrogen-bond donors (Lipinski definition) is 1. The quantitative estimate of drug-likeness (QED) is 0.234. The summed E-state index contributed by atoms with van der Waals surface area (Å²) in [5.41, 5.74) is 0.788. The van der Waals surface area contributed by atoms with Crippen molar-refractivity contribution in [3.8, 4) is 10.4 Å². The van der Waals surface area contributed by atoms with Gasteiger partial charge in [-0.05, 0) is 30.5 Å². The molecule has 4 aromatic heterocycles. The first kappa shape index (κ1) is 20.6. The van der Waals surface area contributed by atoms with Crippen LogP contribution in [0.1, 0.15) is 12.7 Å². The number of fused-ring (bicyclic) bond motifs is 1. The molecule has 0 aliphatic heterocycles. The fourth-order valence-electron chi connectivity index (χ4n) is 2.94. The molecule has 1 N–H and O–H groups in total. The largest absolute Gasteiger partial charge is 0.467 e. The van der Waals surface area contributed by atoms with Crippen LogP contribution < -0.4 is 10.9 Å². The van der Waals surface area contributed by atoms with Crippen molar-refractivity contribution >= 4 is 50.6 Å². The first-order chi connectivity index (χ1) is 14.6. The summed E-state index contributed by atoms with van der Waals surface area (Å²) in [6.07, 6.45) is 3.23. The summed E-state index contributed by atoms with van der Waals surface area (Å²) < 4.78 is 6.83. The van der Waals surface area contributed by atoms with Gasteiger partial charge in [-0.3, -0.25) is 14.2 Å². The second-order valence-corrected chi connectivity index (χ2v) is 9.58. The molecule has 4 aromatic rings. The minimum Gasteiger partial charge on any atom is -0.467 e. The maximum absolute atomic E-state index is 13.3. The van der Waals surface area contributed by atoms with Crippen LogP contribution in [-0.2, 0) is 17.9 Å². The number of thioether (sulfide) groups is 1. The van der Waals surface area contributed by atoms with Crippen molar-refractivity contribution in [2.24, 2.45) is 0 Å². The molecule has 1 atom stereocenters. The Kier molecular flexibility index (Phi) is 6.21. The van der Waals surface area contributed by atoms with E-state index in [2.05, 4.69) is 11.9 Å². The number of nitrogens with one attached hydrogen (secondary N) is 1. The molecule has 30 heavy (non-hydrogen) atoms. The number of thiophene rings is 2. The van der Waals surface area contributed by atoms with E-state index >= 15 is 0 Å². The van der Waals surface area contributed by atoms with Gasteiger partial charge in [0.1, 0.15) is 10.6 Å². The molecule has 154 valence electrons. The normalized spacial score (nSPS) is 12.2. The molecule has 0 bridgehead atoms. The van der Waals surface area contributed by atoms with Crippen molar-refractivity contribution in [2.45, 2.75) is 30.4 Å². The third-order valence-electron chi connectivity index (χ3n) is 4.43. The zero-order valence-electron chi connectivity index (χ0n) is 16.2. The average molecular weight is 458 g/mol. The molecule has 1 unspecified atom stereocenters. The predicted octanol–water partition coefficient (Wildman–Crippen LogP) is 4.76. The minimum atomic E-state index is -0.433. The van der Waals surface area contributed by atoms with Gasteiger partial charge in [0.05, 0.1) is 23.4 Å². The van der Waals surface area contributed by atoms with Crippen LogP contribution in [0.4, 0.5) is 0 Å². The average Bonchev–Trinajstić information content (AvgIpc) is 3.50. The van der Waals surface area contributed by atoms with E-state index in [4.69, 9.17) is 9.40 Å². The van der Waals surface area contributed by atoms with Gasteiger partial charge in [0, 0.05) is 22.4 Å². The van der Waals surface area contributed by atoms with Gasteiger partial charge in [-0.15, -0.1) is 29.3 Å². The number of furan rings is 1. The summed E-state index contributed by atoms with van der Waals surface area (Å²) in [4.78, 5) is 32.3. The molecule has 0 spiro atoms. The lowest BCUT2D eigenvalue weighted by Crippen LogP contribution is -2.31. The van der Waals surface area contributed by atoms with E-state index in [-0.39, 0.29) is 11.5 Å². The van der Waals surface area contributed by atoms with E-state index in [0.29, 0.717) is 34.2 Å². The van der Waals surface area contributed by atoms with Gasteiger partial charge in [-0.1, -0.05) is 23.9 Å². The van der Waals surface area contributed by atoms with Gasteiger partial charge in [0.2, 0.25) is 5.91 Å². The lowest BCUT2D eigenvalue weighted by atomic mass is 10.2. The van der Waals surface area contributed by atoms with Gasteiger partial charge in [-0.25, -0.2) is 4.98 Å². The molecule has 9 heteroatoms. The summed E-state index contributed by atoms with van der Waals surface area (Å²) in [6, 6.07) is 7.54. The Morgan fingerprint density at radius 1 is 1.40 bits per heavy atom. The van der Waals surface area contributed by atoms with E-state index in [1.54, 1.807) is 47.3 Å². The molecule has 0 aliphatic carbocycles. The highest BCUT2D eigenvalue weighted by molar-refractivity contribution is 8.00. The van der Waals surface area contributed by atoms with Crippen LogP contribution in [0.5, 0.6) is 0 Å². The van der Waals surface area contributed by atoms with E-state index in [1.807, 2.05) is 22.9 Å². The van der Waals surface area contributed by atoms with Crippen LogP contribution in [0.25, 0.3) is 20.7 Å². The molecule has 0 aromatic carbocycles. The Morgan fingerprint density at radius 3 is 2.97 bits per heavy atom. The van der Waals surface area contributed by atoms with Gasteiger partial charge < -0.3 is 9.73 Å². The Hall–Kier alpha value is -2.62. The van der Waals surface area contributed by atoms with Crippen molar-refractivity contribution in [1.82, 2.24) is 14.9 Å². The van der Waals surface area contributed by atoms with Crippen LogP contribution in [0, 0.1) is 0 Å². The Morgan fingerprint density at radius 2 is 2.27 bits per heavy atom. The number of carbonyl (C=O) groups is 1. The molecule has 0 saturated carbocycles. The molecule has 4 heterocycles. The van der Waals surface area contributed by atoms with Crippen molar-refractivity contribution in [2.75, 3.05) is 0 Å². The summed E-state index contributed by atoms with van der Waals surface area (Å²) in [7, 11) is 0. The number of hydrogen-bond acceptors (Lipinski definition) is 7. The maximum atomic E-state index is 13.3. The molecule has 1 amide bonds. The summed E-state index contributed by atoms with van der Waals surface area (Å²) in [5, 5.41) is 7.49. The van der Waals surface area contributed by atoms with Crippen LogP contribution in [0.3, 0.4) is 0 Å². The molecular formula is C21H19N3O3S3. The van der Waals surface area contributed by atoms with E-state index in [0.717, 1.165) is 10.4 Å². The van der Waals surface area contributed by atoms with E-state index in [9.17, 15) is 9.59 Å². The molecule has 6 nitrogen and oxygen atoms in total. The van der Waals surface area contributed by atoms with Crippen molar-refractivity contribution in [3.05, 3.63) is 70.1 Å². The van der Waals surface area contributed by atoms with Crippen LogP contribution in [-0.4, -0.2) is 20.7 Å². The molecule has 0 fully saturated rings. The predicted molar refractivity (Wildman–Crippen MR) is 123 cm³/mol. The van der Waals surface area contributed by atoms with Crippen molar-refractivity contribution in [1.29, 1.82) is 0 Å². The number of allylic oxidation sites excluding steroid dienone is 1. The van der Waals surface area contributed by atoms with Crippen LogP contribution >= 0.6 is 34.4 Å². The molecular weight excluding hydrogens is 438 g/mol. The standard InChI is InChI=1S/C21H19N3O3S3/c1-3-8-24-20(26)17-15(16-7-5-10-28-16)12-29-19(17)23-21(24)30-13(2)18(25)22-11-14-6-4-9-27-14/h3-7,9-10,12-13H,1,8,11H2,2H3,(H,22,25). The smallest absolute Gasteiger partial charge is 0.263 e. The summed E-state index contributed by atoms with van der Waals surface area (Å²) in [5.74, 6) is 0.532.